The molecule has 4 rings (SSSR count). The third kappa shape index (κ3) is 4.76. The number of imide groups is 1. The molecule has 0 radical (unpaired) electrons. The number of carbonyl (C=O) groups excluding carboxylic acids is 3. The molecular formula is C25H18Cl2N2O5. The number of anilines is 2. The van der Waals surface area contributed by atoms with Crippen molar-refractivity contribution < 1.29 is 23.9 Å². The molecule has 1 heterocycles. The Balaban J connectivity index is 1.47. The highest BCUT2D eigenvalue weighted by Gasteiger charge is 2.38. The van der Waals surface area contributed by atoms with Crippen molar-refractivity contribution in [3.8, 4) is 11.5 Å². The summed E-state index contributed by atoms with van der Waals surface area (Å²) in [6, 6.07) is 19.3. The summed E-state index contributed by atoms with van der Waals surface area (Å²) in [7, 11) is 0. The average Bonchev–Trinajstić information content (AvgIpc) is 3.04. The molecule has 0 fully saturated rings. The molecule has 0 atom stereocenters. The van der Waals surface area contributed by atoms with E-state index in [1.165, 1.54) is 12.1 Å². The quantitative estimate of drug-likeness (QED) is 0.268. The molecule has 0 saturated carbocycles. The van der Waals surface area contributed by atoms with Crippen molar-refractivity contribution in [1.82, 2.24) is 0 Å². The molecule has 0 saturated heterocycles. The van der Waals surface area contributed by atoms with Crippen molar-refractivity contribution in [3.63, 3.8) is 0 Å². The van der Waals surface area contributed by atoms with Crippen molar-refractivity contribution in [2.75, 3.05) is 16.8 Å². The number of halogens is 2. The van der Waals surface area contributed by atoms with Gasteiger partial charge in [0.15, 0.2) is 11.5 Å². The standard InChI is InChI=1S/C25H18Cl2N2O5/c1-2-33-19-5-3-4-6-20(19)34-25(32)15-7-11-17(12-8-15)28-22-21(27)23(30)29(24(22)31)18-13-9-16(26)10-14-18/h3-14,28H,2H2,1H3. The molecule has 9 heteroatoms. The van der Waals surface area contributed by atoms with Crippen LogP contribution in [0.4, 0.5) is 11.4 Å². The summed E-state index contributed by atoms with van der Waals surface area (Å²) in [5, 5.41) is 3.09. The maximum absolute atomic E-state index is 12.9. The van der Waals surface area contributed by atoms with Gasteiger partial charge >= 0.3 is 5.97 Å². The molecule has 2 amide bonds. The van der Waals surface area contributed by atoms with Crippen LogP contribution in [0.1, 0.15) is 17.3 Å². The van der Waals surface area contributed by atoms with Crippen LogP contribution >= 0.6 is 23.2 Å². The maximum Gasteiger partial charge on any atom is 0.343 e. The molecule has 0 bridgehead atoms. The summed E-state index contributed by atoms with van der Waals surface area (Å²) in [6.07, 6.45) is 0. The first-order chi connectivity index (χ1) is 16.4. The van der Waals surface area contributed by atoms with Gasteiger partial charge in [-0.2, -0.15) is 0 Å². The zero-order chi connectivity index (χ0) is 24.2. The Bertz CT molecular complexity index is 1290. The van der Waals surface area contributed by atoms with Crippen LogP contribution in [0.2, 0.25) is 5.02 Å². The normalized spacial score (nSPS) is 13.3. The fraction of sp³-hybridized carbons (Fsp3) is 0.0800. The number of hydrogen-bond acceptors (Lipinski definition) is 6. The van der Waals surface area contributed by atoms with E-state index in [0.29, 0.717) is 34.5 Å². The monoisotopic (exact) mass is 496 g/mol. The van der Waals surface area contributed by atoms with Crippen molar-refractivity contribution >= 4 is 52.4 Å². The van der Waals surface area contributed by atoms with Crippen LogP contribution in [-0.4, -0.2) is 24.4 Å². The highest BCUT2D eigenvalue weighted by Crippen LogP contribution is 2.31. The zero-order valence-electron chi connectivity index (χ0n) is 17.9. The smallest absolute Gasteiger partial charge is 0.343 e. The minimum atomic E-state index is -0.648. The van der Waals surface area contributed by atoms with E-state index in [4.69, 9.17) is 32.7 Å². The summed E-state index contributed by atoms with van der Waals surface area (Å²) in [5.41, 5.74) is 1.02. The number of nitrogens with zero attached hydrogens (tertiary/aromatic N) is 1. The van der Waals surface area contributed by atoms with Gasteiger partial charge in [0.1, 0.15) is 10.7 Å². The highest BCUT2D eigenvalue weighted by molar-refractivity contribution is 6.53. The Labute approximate surface area is 205 Å². The number of esters is 1. The fourth-order valence-electron chi connectivity index (χ4n) is 3.24. The molecule has 1 aliphatic rings. The van der Waals surface area contributed by atoms with Gasteiger partial charge in [0, 0.05) is 10.7 Å². The third-order valence-electron chi connectivity index (χ3n) is 4.85. The Morgan fingerprint density at radius 1 is 0.882 bits per heavy atom. The molecule has 0 unspecified atom stereocenters. The molecule has 3 aromatic rings. The minimum Gasteiger partial charge on any atom is -0.490 e. The molecule has 3 aromatic carbocycles. The largest absolute Gasteiger partial charge is 0.490 e. The summed E-state index contributed by atoms with van der Waals surface area (Å²) in [5.74, 6) is -1.05. The number of carbonyl (C=O) groups is 3. The number of rotatable bonds is 7. The Kier molecular flexibility index (Phi) is 6.86. The van der Waals surface area contributed by atoms with Crippen LogP contribution in [0.15, 0.2) is 83.5 Å². The van der Waals surface area contributed by atoms with Gasteiger partial charge < -0.3 is 14.8 Å². The first kappa shape index (κ1) is 23.4. The molecule has 172 valence electrons. The number of nitrogens with one attached hydrogen (secondary N) is 1. The van der Waals surface area contributed by atoms with Crippen LogP contribution in [0.25, 0.3) is 0 Å². The van der Waals surface area contributed by atoms with E-state index in [9.17, 15) is 14.4 Å². The molecule has 0 aliphatic carbocycles. The minimum absolute atomic E-state index is 0.0671. The predicted octanol–water partition coefficient (Wildman–Crippen LogP) is 5.39. The summed E-state index contributed by atoms with van der Waals surface area (Å²) < 4.78 is 10.9. The number of para-hydroxylation sites is 2. The van der Waals surface area contributed by atoms with E-state index < -0.39 is 17.8 Å². The Hall–Kier alpha value is -3.81. The second kappa shape index (κ2) is 9.99. The van der Waals surface area contributed by atoms with E-state index in [0.717, 1.165) is 4.90 Å². The molecule has 7 nitrogen and oxygen atoms in total. The first-order valence-corrected chi connectivity index (χ1v) is 11.0. The summed E-state index contributed by atoms with van der Waals surface area (Å²) >= 11 is 12.0. The van der Waals surface area contributed by atoms with Gasteiger partial charge in [0.05, 0.1) is 17.9 Å². The number of amides is 2. The lowest BCUT2D eigenvalue weighted by atomic mass is 10.2. The van der Waals surface area contributed by atoms with Gasteiger partial charge in [-0.05, 0) is 67.6 Å². The first-order valence-electron chi connectivity index (χ1n) is 10.2. The SMILES string of the molecule is CCOc1ccccc1OC(=O)c1ccc(NC2=C(Cl)C(=O)N(c3ccc(Cl)cc3)C2=O)cc1. The summed E-state index contributed by atoms with van der Waals surface area (Å²) in [4.78, 5) is 38.9. The Morgan fingerprint density at radius 2 is 1.53 bits per heavy atom. The second-order valence-electron chi connectivity index (χ2n) is 7.08. The van der Waals surface area contributed by atoms with Gasteiger partial charge in [-0.3, -0.25) is 9.59 Å². The average molecular weight is 497 g/mol. The zero-order valence-corrected chi connectivity index (χ0v) is 19.4. The van der Waals surface area contributed by atoms with E-state index >= 15 is 0 Å². The van der Waals surface area contributed by atoms with E-state index in [1.54, 1.807) is 60.7 Å². The van der Waals surface area contributed by atoms with Gasteiger partial charge in [-0.1, -0.05) is 35.3 Å². The van der Waals surface area contributed by atoms with Gasteiger partial charge in [0.2, 0.25) is 0 Å². The van der Waals surface area contributed by atoms with E-state index in [-0.39, 0.29) is 16.3 Å². The fourth-order valence-corrected chi connectivity index (χ4v) is 3.58. The molecule has 34 heavy (non-hydrogen) atoms. The van der Waals surface area contributed by atoms with Crippen LogP contribution in [-0.2, 0) is 9.59 Å². The van der Waals surface area contributed by atoms with Crippen LogP contribution in [0.5, 0.6) is 11.5 Å². The topological polar surface area (TPSA) is 84.9 Å². The number of ether oxygens (including phenoxy) is 2. The lowest BCUT2D eigenvalue weighted by Crippen LogP contribution is -2.32. The highest BCUT2D eigenvalue weighted by atomic mass is 35.5. The van der Waals surface area contributed by atoms with Gasteiger partial charge in [-0.15, -0.1) is 0 Å². The molecule has 0 spiro atoms. The number of hydrogen-bond donors (Lipinski definition) is 1. The lowest BCUT2D eigenvalue weighted by molar-refractivity contribution is -0.120. The molecule has 1 N–H and O–H groups in total. The van der Waals surface area contributed by atoms with Crippen molar-refractivity contribution in [2.45, 2.75) is 6.92 Å². The van der Waals surface area contributed by atoms with Crippen LogP contribution in [0, 0.1) is 0 Å². The molecular weight excluding hydrogens is 479 g/mol. The van der Waals surface area contributed by atoms with Crippen molar-refractivity contribution in [3.05, 3.63) is 94.1 Å². The predicted molar refractivity (Wildman–Crippen MR) is 129 cm³/mol. The van der Waals surface area contributed by atoms with Crippen LogP contribution < -0.4 is 19.7 Å². The van der Waals surface area contributed by atoms with Gasteiger partial charge in [-0.25, -0.2) is 9.69 Å². The van der Waals surface area contributed by atoms with Crippen LogP contribution in [0.3, 0.4) is 0 Å². The second-order valence-corrected chi connectivity index (χ2v) is 7.90. The van der Waals surface area contributed by atoms with Crippen molar-refractivity contribution in [1.29, 1.82) is 0 Å². The maximum atomic E-state index is 12.9. The van der Waals surface area contributed by atoms with E-state index in [2.05, 4.69) is 5.32 Å². The molecule has 1 aliphatic heterocycles. The van der Waals surface area contributed by atoms with E-state index in [1.807, 2.05) is 6.92 Å². The lowest BCUT2D eigenvalue weighted by Gasteiger charge is -2.15. The van der Waals surface area contributed by atoms with Crippen molar-refractivity contribution in [2.24, 2.45) is 0 Å². The third-order valence-corrected chi connectivity index (χ3v) is 5.46. The Morgan fingerprint density at radius 3 is 2.18 bits per heavy atom. The number of benzene rings is 3. The van der Waals surface area contributed by atoms with Gasteiger partial charge in [0.25, 0.3) is 11.8 Å². The summed E-state index contributed by atoms with van der Waals surface area (Å²) in [6.45, 7) is 2.27. The molecule has 0 aromatic heterocycles.